The van der Waals surface area contributed by atoms with Crippen LogP contribution in [0.4, 0.5) is 0 Å². The van der Waals surface area contributed by atoms with Crippen LogP contribution in [0.15, 0.2) is 29.3 Å². The Kier molecular flexibility index (Phi) is 7.37. The Balaban J connectivity index is 1.40. The first-order valence-corrected chi connectivity index (χ1v) is 12.1. The molecule has 184 valence electrons. The van der Waals surface area contributed by atoms with Gasteiger partial charge in [0, 0.05) is 38.3 Å². The largest absolute Gasteiger partial charge is 0.497 e. The molecule has 0 spiro atoms. The highest BCUT2D eigenvalue weighted by Gasteiger charge is 2.36. The Morgan fingerprint density at radius 1 is 1.06 bits per heavy atom. The summed E-state index contributed by atoms with van der Waals surface area (Å²) >= 11 is 0.959. The molecule has 4 rings (SSSR count). The second-order valence-corrected chi connectivity index (χ2v) is 9.57. The van der Waals surface area contributed by atoms with Gasteiger partial charge in [-0.1, -0.05) is 0 Å². The number of ether oxygens (including phenoxy) is 1. The molecule has 0 radical (unpaired) electrons. The molecule has 2 aromatic rings. The van der Waals surface area contributed by atoms with E-state index in [0.717, 1.165) is 11.3 Å². The second kappa shape index (κ2) is 10.4. The van der Waals surface area contributed by atoms with Gasteiger partial charge in [-0.15, -0.1) is 11.3 Å². The lowest BCUT2D eigenvalue weighted by molar-refractivity contribution is 0.0535. The molecular formula is C24H27N5O5S. The topological polar surface area (TPSA) is 112 Å². The van der Waals surface area contributed by atoms with Gasteiger partial charge in [0.1, 0.15) is 16.3 Å². The number of aromatic nitrogens is 1. The van der Waals surface area contributed by atoms with Gasteiger partial charge < -0.3 is 19.4 Å². The number of methoxy groups -OCH3 is 1. The molecule has 2 amide bonds. The van der Waals surface area contributed by atoms with Crippen molar-refractivity contribution in [3.63, 3.8) is 0 Å². The molecule has 1 fully saturated rings. The number of carbonyl (C=O) groups is 4. The number of aliphatic imine (C=N–C) groups is 1. The third-order valence-corrected chi connectivity index (χ3v) is 6.99. The lowest BCUT2D eigenvalue weighted by atomic mass is 9.98. The molecule has 1 aliphatic heterocycles. The molecule has 1 aliphatic carbocycles. The van der Waals surface area contributed by atoms with Crippen LogP contribution in [-0.4, -0.2) is 109 Å². The van der Waals surface area contributed by atoms with Gasteiger partial charge in [0.2, 0.25) is 5.78 Å². The minimum Gasteiger partial charge on any atom is -0.497 e. The number of rotatable bonds is 6. The summed E-state index contributed by atoms with van der Waals surface area (Å²) in [6, 6.07) is 6.89. The van der Waals surface area contributed by atoms with Gasteiger partial charge in [-0.05, 0) is 38.4 Å². The predicted molar refractivity (Wildman–Crippen MR) is 131 cm³/mol. The van der Waals surface area contributed by atoms with Crippen molar-refractivity contribution in [2.75, 3.05) is 60.5 Å². The van der Waals surface area contributed by atoms with Crippen molar-refractivity contribution < 1.29 is 23.9 Å². The first-order valence-electron chi connectivity index (χ1n) is 11.3. The highest BCUT2D eigenvalue weighted by atomic mass is 32.1. The third kappa shape index (κ3) is 5.30. The molecule has 0 N–H and O–H groups in total. The van der Waals surface area contributed by atoms with E-state index >= 15 is 0 Å². The van der Waals surface area contributed by atoms with Gasteiger partial charge in [-0.2, -0.15) is 0 Å². The Labute approximate surface area is 207 Å². The van der Waals surface area contributed by atoms with E-state index in [0.29, 0.717) is 50.6 Å². The van der Waals surface area contributed by atoms with E-state index in [1.165, 1.54) is 0 Å². The van der Waals surface area contributed by atoms with Crippen molar-refractivity contribution in [3.05, 3.63) is 45.4 Å². The van der Waals surface area contributed by atoms with Gasteiger partial charge in [0.15, 0.2) is 10.8 Å². The lowest BCUT2D eigenvalue weighted by Crippen LogP contribution is -2.50. The fourth-order valence-corrected chi connectivity index (χ4v) is 4.85. The zero-order chi connectivity index (χ0) is 25.1. The highest BCUT2D eigenvalue weighted by Crippen LogP contribution is 2.27. The molecule has 1 aromatic carbocycles. The summed E-state index contributed by atoms with van der Waals surface area (Å²) in [7, 11) is 5.37. The van der Waals surface area contributed by atoms with Crippen LogP contribution in [0.5, 0.6) is 5.75 Å². The van der Waals surface area contributed by atoms with Gasteiger partial charge in [-0.3, -0.25) is 24.2 Å². The third-order valence-electron chi connectivity index (χ3n) is 5.91. The van der Waals surface area contributed by atoms with E-state index in [1.807, 2.05) is 19.0 Å². The number of Topliss-reactive ketones (excluding diaryl/α,β-unsaturated/α-hetero) is 2. The van der Waals surface area contributed by atoms with Gasteiger partial charge in [0.05, 0.1) is 25.8 Å². The average Bonchev–Trinajstić information content (AvgIpc) is 3.32. The second-order valence-electron chi connectivity index (χ2n) is 8.57. The molecule has 1 aromatic heterocycles. The van der Waals surface area contributed by atoms with E-state index < -0.39 is 0 Å². The van der Waals surface area contributed by atoms with Crippen LogP contribution in [0.25, 0.3) is 0 Å². The van der Waals surface area contributed by atoms with Crippen LogP contribution >= 0.6 is 11.3 Å². The quantitative estimate of drug-likeness (QED) is 0.595. The summed E-state index contributed by atoms with van der Waals surface area (Å²) < 4.78 is 5.13. The lowest BCUT2D eigenvalue weighted by Gasteiger charge is -2.34. The molecule has 2 aliphatic rings. The molecule has 0 bridgehead atoms. The number of ketones is 2. The molecule has 0 atom stereocenters. The van der Waals surface area contributed by atoms with Crippen LogP contribution in [0.1, 0.15) is 46.7 Å². The smallest absolute Gasteiger partial charge is 0.282 e. The zero-order valence-corrected chi connectivity index (χ0v) is 20.8. The fourth-order valence-electron chi connectivity index (χ4n) is 3.88. The van der Waals surface area contributed by atoms with Gasteiger partial charge in [-0.25, -0.2) is 4.98 Å². The maximum Gasteiger partial charge on any atom is 0.282 e. The van der Waals surface area contributed by atoms with Crippen LogP contribution in [-0.2, 0) is 0 Å². The number of hydrogen-bond donors (Lipinski definition) is 0. The van der Waals surface area contributed by atoms with E-state index in [-0.39, 0.29) is 51.1 Å². The van der Waals surface area contributed by atoms with Crippen molar-refractivity contribution in [2.45, 2.75) is 6.42 Å². The van der Waals surface area contributed by atoms with Gasteiger partial charge >= 0.3 is 0 Å². The van der Waals surface area contributed by atoms with Crippen molar-refractivity contribution in [1.82, 2.24) is 19.7 Å². The average molecular weight is 498 g/mol. The van der Waals surface area contributed by atoms with Crippen LogP contribution in [0, 0.1) is 0 Å². The number of amides is 2. The Morgan fingerprint density at radius 3 is 2.29 bits per heavy atom. The molecular weight excluding hydrogens is 470 g/mol. The summed E-state index contributed by atoms with van der Waals surface area (Å²) in [5, 5.41) is 0.112. The Bertz CT molecular complexity index is 1180. The Hall–Kier alpha value is -3.44. The number of fused-ring (bicyclic) bond motifs is 1. The van der Waals surface area contributed by atoms with Crippen LogP contribution in [0.2, 0.25) is 0 Å². The van der Waals surface area contributed by atoms with Crippen molar-refractivity contribution in [3.8, 4) is 5.75 Å². The minimum atomic E-state index is -0.386. The van der Waals surface area contributed by atoms with Crippen LogP contribution < -0.4 is 4.74 Å². The van der Waals surface area contributed by atoms with E-state index in [2.05, 4.69) is 9.98 Å². The first kappa shape index (κ1) is 24.7. The summed E-state index contributed by atoms with van der Waals surface area (Å²) in [5.74, 6) is -0.403. The number of thiazole rings is 1. The molecule has 1 saturated heterocycles. The molecule has 0 saturated carbocycles. The van der Waals surface area contributed by atoms with E-state index in [9.17, 15) is 19.2 Å². The standard InChI is InChI=1S/C24H27N5O5S/c1-27(2)9-8-25-17-14-18(30)21-19(20(17)31)26-22(35-21)24(33)29-12-10-28(11-13-29)23(32)15-4-6-16(34-3)7-5-15/h4-7H,8-14H2,1-3H3. The SMILES string of the molecule is COc1ccc(C(=O)N2CCN(C(=O)c3nc4c(s3)C(=O)CC(=NCCN(C)C)C4=O)CC2)cc1. The first-order chi connectivity index (χ1) is 16.8. The number of benzene rings is 1. The van der Waals surface area contributed by atoms with Crippen molar-refractivity contribution in [1.29, 1.82) is 0 Å². The number of piperazine rings is 1. The van der Waals surface area contributed by atoms with E-state index in [4.69, 9.17) is 4.74 Å². The number of nitrogens with zero attached hydrogens (tertiary/aromatic N) is 5. The zero-order valence-electron chi connectivity index (χ0n) is 19.9. The number of carbonyl (C=O) groups excluding carboxylic acids is 4. The molecule has 10 nitrogen and oxygen atoms in total. The maximum atomic E-state index is 13.1. The predicted octanol–water partition coefficient (Wildman–Crippen LogP) is 1.52. The van der Waals surface area contributed by atoms with Crippen molar-refractivity contribution >= 4 is 40.4 Å². The molecule has 2 heterocycles. The highest BCUT2D eigenvalue weighted by molar-refractivity contribution is 7.16. The number of likely N-dealkylation sites (N-methyl/N-ethyl adjacent to an activating group) is 1. The fraction of sp³-hybridized carbons (Fsp3) is 0.417. The normalized spacial score (nSPS) is 17.2. The summed E-state index contributed by atoms with van der Waals surface area (Å²) in [6.07, 6.45) is -0.0682. The molecule has 35 heavy (non-hydrogen) atoms. The van der Waals surface area contributed by atoms with Gasteiger partial charge in [0.25, 0.3) is 11.8 Å². The number of hydrogen-bond acceptors (Lipinski definition) is 9. The molecule has 11 heteroatoms. The van der Waals surface area contributed by atoms with Crippen molar-refractivity contribution in [2.24, 2.45) is 4.99 Å². The monoisotopic (exact) mass is 497 g/mol. The molecule has 0 unspecified atom stereocenters. The van der Waals surface area contributed by atoms with E-state index in [1.54, 1.807) is 41.2 Å². The minimum absolute atomic E-state index is 0.0199. The maximum absolute atomic E-state index is 13.1. The van der Waals surface area contributed by atoms with Crippen LogP contribution in [0.3, 0.4) is 0 Å². The summed E-state index contributed by atoms with van der Waals surface area (Å²) in [5.41, 5.74) is 0.768. The Morgan fingerprint density at radius 2 is 1.69 bits per heavy atom. The summed E-state index contributed by atoms with van der Waals surface area (Å²) in [6.45, 7) is 2.50. The summed E-state index contributed by atoms with van der Waals surface area (Å²) in [4.78, 5) is 65.2.